The minimum Gasteiger partial charge on any atom is -0.394 e. The van der Waals surface area contributed by atoms with Crippen molar-refractivity contribution in [2.45, 2.75) is 60.7 Å². The van der Waals surface area contributed by atoms with Gasteiger partial charge in [-0.2, -0.15) is 0 Å². The number of aliphatic hydroxyl groups excluding tert-OH is 6. The molecule has 2 aromatic rings. The molecule has 2 saturated heterocycles. The van der Waals surface area contributed by atoms with Gasteiger partial charge in [0.05, 0.1) is 23.4 Å². The fourth-order valence-electron chi connectivity index (χ4n) is 4.59. The lowest BCUT2D eigenvalue weighted by atomic mass is 9.88. The normalized spacial score (nSPS) is 36.6. The number of aliphatic hydroxyl groups is 6. The number of terminal acetylenes is 1. The lowest BCUT2D eigenvalue weighted by molar-refractivity contribution is -0.292. The summed E-state index contributed by atoms with van der Waals surface area (Å²) < 4.78 is 44.0. The zero-order valence-electron chi connectivity index (χ0n) is 22.0. The third-order valence-corrected chi connectivity index (χ3v) is 11.3. The third kappa shape index (κ3) is 6.80. The maximum atomic E-state index is 12.6. The summed E-state index contributed by atoms with van der Waals surface area (Å²) >= 11 is 5.99. The van der Waals surface area contributed by atoms with Gasteiger partial charge in [0.25, 0.3) is 0 Å². The predicted octanol–water partition coefficient (Wildman–Crippen LogP) is -2.38. The van der Waals surface area contributed by atoms with Crippen LogP contribution in [0.4, 0.5) is 5.82 Å². The van der Waals surface area contributed by atoms with Crippen LogP contribution in [0.25, 0.3) is 10.2 Å². The van der Waals surface area contributed by atoms with Gasteiger partial charge in [0, 0.05) is 12.7 Å². The Morgan fingerprint density at radius 2 is 1.93 bits per heavy atom. The molecule has 10 N–H and O–H groups in total. The maximum absolute atomic E-state index is 12.6. The molecule has 240 valence electrons. The van der Waals surface area contributed by atoms with E-state index in [-0.39, 0.29) is 5.82 Å². The Morgan fingerprint density at radius 3 is 2.56 bits per heavy atom. The van der Waals surface area contributed by atoms with Gasteiger partial charge in [-0.15, -0.1) is 17.8 Å². The molecule has 0 aliphatic carbocycles. The Balaban J connectivity index is 1.46. The van der Waals surface area contributed by atoms with Crippen LogP contribution in [0, 0.1) is 12.3 Å². The first kappa shape index (κ1) is 34.6. The van der Waals surface area contributed by atoms with Crippen LogP contribution in [0.2, 0.25) is 0 Å². The van der Waals surface area contributed by atoms with Crippen molar-refractivity contribution in [3.63, 3.8) is 0 Å². The van der Waals surface area contributed by atoms with Crippen LogP contribution in [-0.2, 0) is 43.9 Å². The summed E-state index contributed by atoms with van der Waals surface area (Å²) in [7, 11) is -4.23. The number of rotatable bonds is 11. The molecule has 2 aliphatic rings. The number of nitrogens with two attached hydrogens (primary N) is 1. The topological polar surface area (TPSA) is 286 Å². The molecule has 0 spiro atoms. The van der Waals surface area contributed by atoms with Crippen molar-refractivity contribution in [1.82, 2.24) is 9.97 Å². The average molecular weight is 690 g/mol. The van der Waals surface area contributed by atoms with Crippen LogP contribution in [-0.4, -0.2) is 125 Å². The monoisotopic (exact) mass is 689 g/mol. The number of thiophene rings is 1. The van der Waals surface area contributed by atoms with E-state index in [0.29, 0.717) is 15.8 Å². The van der Waals surface area contributed by atoms with Crippen LogP contribution in [0.15, 0.2) is 11.7 Å². The second-order valence-electron chi connectivity index (χ2n) is 9.38. The highest BCUT2D eigenvalue weighted by Gasteiger charge is 2.58. The largest absolute Gasteiger partial charge is 0.481 e. The third-order valence-electron chi connectivity index (χ3n) is 6.76. The van der Waals surface area contributed by atoms with Crippen LogP contribution < -0.4 is 5.73 Å². The molecule has 0 amide bonds. The van der Waals surface area contributed by atoms with Crippen molar-refractivity contribution in [3.8, 4) is 12.3 Å². The fraction of sp³-hybridized carbons (Fsp3) is 0.619. The number of anilines is 1. The number of fused-ring (bicyclic) bond motifs is 1. The SMILES string of the molecule is C#C[C@@]1(OC)[C@H](O)[C@@H](COP(O)(=S)OP(=O)(O)OC2OC([C@@H](O)CO)C(O)C(O)C2O)O[C@H]1c1csc2c(N)ncnc12. The van der Waals surface area contributed by atoms with Gasteiger partial charge in [0.1, 0.15) is 61.0 Å². The number of ether oxygens (including phenoxy) is 3. The van der Waals surface area contributed by atoms with Gasteiger partial charge >= 0.3 is 14.5 Å². The van der Waals surface area contributed by atoms with Gasteiger partial charge in [-0.1, -0.05) is 5.92 Å². The number of nitrogens with zero attached hydrogens (tertiary/aromatic N) is 2. The highest BCUT2D eigenvalue weighted by molar-refractivity contribution is 8.08. The zero-order valence-corrected chi connectivity index (χ0v) is 25.4. The van der Waals surface area contributed by atoms with E-state index < -0.39 is 88.5 Å². The minimum absolute atomic E-state index is 0.203. The molecular weight excluding hydrogens is 660 g/mol. The predicted molar refractivity (Wildman–Crippen MR) is 148 cm³/mol. The molecule has 22 heteroatoms. The lowest BCUT2D eigenvalue weighted by Gasteiger charge is -2.41. The van der Waals surface area contributed by atoms with Crippen molar-refractivity contribution in [2.75, 3.05) is 26.1 Å². The first-order valence-electron chi connectivity index (χ1n) is 12.1. The van der Waals surface area contributed by atoms with E-state index in [4.69, 9.17) is 47.8 Å². The highest BCUT2D eigenvalue weighted by atomic mass is 32.5. The molecule has 0 bridgehead atoms. The summed E-state index contributed by atoms with van der Waals surface area (Å²) in [6, 6.07) is 0. The Morgan fingerprint density at radius 1 is 1.23 bits per heavy atom. The molecule has 0 aromatic carbocycles. The Bertz CT molecular complexity index is 1450. The second kappa shape index (κ2) is 13.2. The van der Waals surface area contributed by atoms with Crippen LogP contribution in [0.3, 0.4) is 0 Å². The summed E-state index contributed by atoms with van der Waals surface area (Å²) in [4.78, 5) is 28.8. The number of hydrogen-bond donors (Lipinski definition) is 9. The quantitative estimate of drug-likeness (QED) is 0.0879. The number of phosphoric ester groups is 1. The number of nitrogen functional groups attached to an aromatic ring is 1. The van der Waals surface area contributed by atoms with Gasteiger partial charge in [-0.3, -0.25) is 4.52 Å². The van der Waals surface area contributed by atoms with Crippen molar-refractivity contribution >= 4 is 53.7 Å². The average Bonchev–Trinajstić information content (AvgIpc) is 3.50. The molecular formula is C21H29N3O15P2S2. The Labute approximate surface area is 252 Å². The van der Waals surface area contributed by atoms with Crippen LogP contribution in [0.1, 0.15) is 11.7 Å². The molecule has 4 heterocycles. The fourth-order valence-corrected chi connectivity index (χ4v) is 8.63. The van der Waals surface area contributed by atoms with Gasteiger partial charge in [-0.05, 0) is 17.2 Å². The van der Waals surface area contributed by atoms with Crippen LogP contribution in [0.5, 0.6) is 0 Å². The molecule has 2 aliphatic heterocycles. The molecule has 43 heavy (non-hydrogen) atoms. The van der Waals surface area contributed by atoms with Gasteiger partial charge in [-0.25, -0.2) is 18.8 Å². The minimum atomic E-state index is -5.47. The van der Waals surface area contributed by atoms with Gasteiger partial charge in [0.2, 0.25) is 0 Å². The van der Waals surface area contributed by atoms with E-state index >= 15 is 0 Å². The van der Waals surface area contributed by atoms with E-state index in [2.05, 4.69) is 24.7 Å². The first-order chi connectivity index (χ1) is 20.1. The van der Waals surface area contributed by atoms with Gasteiger partial charge < -0.3 is 64.9 Å². The number of hydrogen-bond acceptors (Lipinski definition) is 18. The van der Waals surface area contributed by atoms with E-state index in [0.717, 1.165) is 0 Å². The van der Waals surface area contributed by atoms with E-state index in [1.54, 1.807) is 5.38 Å². The van der Waals surface area contributed by atoms with E-state index in [1.165, 1.54) is 24.8 Å². The maximum Gasteiger partial charge on any atom is 0.481 e. The van der Waals surface area contributed by atoms with E-state index in [9.17, 15) is 39.9 Å². The first-order valence-corrected chi connectivity index (χ1v) is 17.1. The summed E-state index contributed by atoms with van der Waals surface area (Å²) in [6.07, 6.45) is -8.93. The van der Waals surface area contributed by atoms with Crippen molar-refractivity contribution in [2.24, 2.45) is 0 Å². The van der Waals surface area contributed by atoms with Crippen LogP contribution >= 0.6 is 25.9 Å². The molecule has 0 radical (unpaired) electrons. The summed E-state index contributed by atoms with van der Waals surface area (Å²) in [6.45, 7) is -6.38. The second-order valence-corrected chi connectivity index (χ2v) is 14.6. The lowest BCUT2D eigenvalue weighted by Crippen LogP contribution is -2.61. The number of phosphoric acid groups is 1. The molecule has 4 rings (SSSR count). The summed E-state index contributed by atoms with van der Waals surface area (Å²) in [5, 5.41) is 61.7. The van der Waals surface area contributed by atoms with Gasteiger partial charge in [0.15, 0.2) is 11.9 Å². The van der Waals surface area contributed by atoms with Crippen molar-refractivity contribution < 1.29 is 72.6 Å². The molecule has 2 fully saturated rings. The summed E-state index contributed by atoms with van der Waals surface area (Å²) in [5.41, 5.74) is 4.93. The molecule has 0 saturated carbocycles. The van der Waals surface area contributed by atoms with E-state index in [1.807, 2.05) is 0 Å². The zero-order chi connectivity index (χ0) is 31.9. The molecule has 12 atom stereocenters. The highest BCUT2D eigenvalue weighted by Crippen LogP contribution is 2.62. The number of aromatic nitrogens is 2. The number of methoxy groups -OCH3 is 1. The van der Waals surface area contributed by atoms with Crippen molar-refractivity contribution in [1.29, 1.82) is 0 Å². The Kier molecular flexibility index (Phi) is 10.6. The van der Waals surface area contributed by atoms with Crippen molar-refractivity contribution in [3.05, 3.63) is 17.3 Å². The molecule has 18 nitrogen and oxygen atoms in total. The Hall–Kier alpha value is -1.28. The smallest absolute Gasteiger partial charge is 0.394 e. The summed E-state index contributed by atoms with van der Waals surface area (Å²) in [5.74, 6) is 2.59. The standard InChI is InChI=1S/C21H29N3O15P2S2/c1-3-21(34-2)17(30)10(36-18(21)8-6-43-16-11(8)23-7-24-19(16)22)5-35-41(33,42)39-40(31,32)38-20-14(29)12(27)13(28)15(37-20)9(26)4-25/h1,6-7,9-10,12-15,17-18,20,25-30H,4-5H2,2H3,(H,31,32)(H,33,42)(H2,22,23,24)/t9-,10+,12?,13?,14?,15?,17+,18-,20?,21+,41?/m0/s1. The molecule has 2 aromatic heterocycles. The molecule has 7 unspecified atom stereocenters.